The normalized spacial score (nSPS) is 22.1. The average molecular weight is 1800 g/mol. The summed E-state index contributed by atoms with van der Waals surface area (Å²) in [5, 5.41) is 53.6. The summed E-state index contributed by atoms with van der Waals surface area (Å²) in [7, 11) is 10.1. The molecule has 0 bridgehead atoms. The second-order valence-corrected chi connectivity index (χ2v) is 36.0. The number of aromatic hydroxyl groups is 2. The highest BCUT2D eigenvalue weighted by Crippen LogP contribution is 2.52. The number of halogens is 1. The molecule has 2 fully saturated rings. The zero-order valence-corrected chi connectivity index (χ0v) is 74.7. The van der Waals surface area contributed by atoms with Crippen LogP contribution >= 0.6 is 49.9 Å². The molecule has 7 atom stereocenters. The number of likely N-dealkylation sites (tertiary alicyclic amines) is 2. The second kappa shape index (κ2) is 36.9. The first-order chi connectivity index (χ1) is 59.6. The van der Waals surface area contributed by atoms with Gasteiger partial charge in [-0.25, -0.2) is 29.6 Å². The molecule has 4 aromatic heterocycles. The Labute approximate surface area is 745 Å². The topological polar surface area (TPSA) is 407 Å². The number of amides is 8. The fourth-order valence-electron chi connectivity index (χ4n) is 16.9. The van der Waals surface area contributed by atoms with Crippen molar-refractivity contribution in [2.24, 2.45) is 66.6 Å². The van der Waals surface area contributed by atoms with E-state index in [2.05, 4.69) is 56.3 Å². The summed E-state index contributed by atoms with van der Waals surface area (Å²) >= 11 is 7.85. The van der Waals surface area contributed by atoms with Crippen LogP contribution in [0.2, 0.25) is 0 Å². The summed E-state index contributed by atoms with van der Waals surface area (Å²) in [5.74, 6) is -1.11. The number of benzene rings is 6. The van der Waals surface area contributed by atoms with Crippen molar-refractivity contribution < 1.29 is 43.4 Å². The van der Waals surface area contributed by atoms with Crippen LogP contribution in [0.5, 0.6) is 11.5 Å². The molecule has 0 unspecified atom stereocenters. The smallest absolute Gasteiger partial charge is 0.324 e. The number of nitrogens with zero attached hydrogens (tertiary/aromatic N) is 15. The SMILES string of the molecule is CN1C(=O)C[C@@](C)(c2cc(Br)co2)N=C1N.CN1C(=O)[C@@H](C2CCN(C(=O)N(C)c3ccccc3)CC2)[C@@](C)(c2cc(-c3cccc(C#N)c3)cs2)N=C1N.CN1C(=O)[C@H](C2CCN(C(=O)N(C)c3ccccc3)CC2)[C@@](C)(c2cc(-c3cccc(C#N)c3)cs2)N=C1N.CN1C(=O)[C@H](c2ccc(O)c(O)c2)[C@@](C)(c2cc(-c3cccc(C#N)c3)cs2)N=C1N. The monoisotopic (exact) mass is 1800 g/mol. The van der Waals surface area contributed by atoms with Crippen molar-refractivity contribution in [1.29, 1.82) is 15.8 Å². The van der Waals surface area contributed by atoms with Gasteiger partial charge in [-0.05, 0) is 233 Å². The predicted molar refractivity (Wildman–Crippen MR) is 490 cm³/mol. The number of para-hydroxylation sites is 2. The van der Waals surface area contributed by atoms with E-state index < -0.39 is 39.9 Å². The van der Waals surface area contributed by atoms with Crippen molar-refractivity contribution in [1.82, 2.24) is 29.4 Å². The van der Waals surface area contributed by atoms with Crippen LogP contribution in [-0.2, 0) is 41.3 Å². The van der Waals surface area contributed by atoms with Crippen LogP contribution < -0.4 is 32.7 Å². The summed E-state index contributed by atoms with van der Waals surface area (Å²) in [6.07, 6.45) is 4.62. The van der Waals surface area contributed by atoms with Crippen LogP contribution in [-0.4, -0.2) is 168 Å². The Morgan fingerprint density at radius 3 is 1.22 bits per heavy atom. The number of anilines is 2. The lowest BCUT2D eigenvalue weighted by molar-refractivity contribution is -0.138. The maximum atomic E-state index is 13.7. The molecule has 0 aliphatic carbocycles. The number of carbonyl (C=O) groups is 6. The van der Waals surface area contributed by atoms with Crippen LogP contribution in [0.25, 0.3) is 33.4 Å². The van der Waals surface area contributed by atoms with Crippen LogP contribution in [0, 0.1) is 57.7 Å². The average Bonchev–Trinajstić information content (AvgIpc) is 1.52. The number of urea groups is 2. The lowest BCUT2D eigenvalue weighted by atomic mass is 9.70. The Kier molecular flexibility index (Phi) is 26.4. The lowest BCUT2D eigenvalue weighted by Gasteiger charge is -2.46. The first-order valence-corrected chi connectivity index (χ1v) is 43.8. The standard InChI is InChI=1S/2C30H32N6O2S.C23H20N4O3S.C10H12BrN3O2/c2*1-30(25-17-23(19-39-25)22-9-7-8-20(16-22)18-31)26(27(37)35(3)28(32)33-30)21-12-14-36(15-13-21)29(38)34(2)24-10-5-4-6-11-24;1-23(19-10-16(12-31-19)14-5-3-4-13(8-14)11-24)20(21(30)27(2)22(25)26-23)15-6-7-17(28)18(29)9-15;1-10(7-3-6(11)5-16-7)4-8(15)14(2)9(12)13-10/h2*4-11,16-17,19,21,26H,12-15H2,1-3H3,(H2,32,33);3-10,12,20,28-29H,1-2H3,(H2,25,26);3,5H,4H2,1-2H3,(H2,12,13)/t26-,30+;26-,30-;20-,23+;10-/m0100/s1. The third kappa shape index (κ3) is 18.3. The van der Waals surface area contributed by atoms with Gasteiger partial charge in [-0.15, -0.1) is 34.0 Å². The highest BCUT2D eigenvalue weighted by molar-refractivity contribution is 9.10. The van der Waals surface area contributed by atoms with Crippen LogP contribution in [0.15, 0.2) is 227 Å². The third-order valence-corrected chi connectivity index (χ3v) is 28.2. The molecule has 28 nitrogen and oxygen atoms in total. The van der Waals surface area contributed by atoms with Crippen LogP contribution in [0.3, 0.4) is 0 Å². The number of aliphatic imine (C=N–C) groups is 4. The van der Waals surface area contributed by atoms with Crippen LogP contribution in [0.1, 0.15) is 108 Å². The highest BCUT2D eigenvalue weighted by atomic mass is 79.9. The number of piperidine rings is 2. The van der Waals surface area contributed by atoms with E-state index in [9.17, 15) is 54.8 Å². The fraction of sp³-hybridized carbons (Fsp3) is 0.301. The summed E-state index contributed by atoms with van der Waals surface area (Å²) in [5.41, 5.74) is 30.5. The maximum absolute atomic E-state index is 13.7. The zero-order chi connectivity index (χ0) is 89.7. The van der Waals surface area contributed by atoms with Gasteiger partial charge >= 0.3 is 12.1 Å². The first kappa shape index (κ1) is 89.3. The van der Waals surface area contributed by atoms with Gasteiger partial charge in [0, 0.05) is 94.5 Å². The summed E-state index contributed by atoms with van der Waals surface area (Å²) < 4.78 is 6.18. The molecule has 10 heterocycles. The number of phenols is 2. The van der Waals surface area contributed by atoms with Gasteiger partial charge in [0.05, 0.1) is 63.5 Å². The van der Waals surface area contributed by atoms with Gasteiger partial charge in [0.25, 0.3) is 0 Å². The van der Waals surface area contributed by atoms with Gasteiger partial charge in [-0.2, -0.15) is 15.8 Å². The molecular weight excluding hydrogens is 1700 g/mol. The number of phenolic OH excluding ortho intramolecular Hbond substituents is 2. The number of nitrogens with two attached hydrogens (primary N) is 4. The zero-order valence-electron chi connectivity index (χ0n) is 70.7. The van der Waals surface area contributed by atoms with E-state index >= 15 is 0 Å². The molecule has 6 aliphatic heterocycles. The molecule has 6 aromatic carbocycles. The number of hydrogen-bond donors (Lipinski definition) is 6. The highest BCUT2D eigenvalue weighted by Gasteiger charge is 2.54. The minimum Gasteiger partial charge on any atom is -0.504 e. The number of likely N-dealkylation sites (N-methyl/N-ethyl adjacent to an activating group) is 1. The number of carbonyl (C=O) groups excluding carboxylic acids is 6. The Hall–Kier alpha value is -13.5. The van der Waals surface area contributed by atoms with E-state index in [-0.39, 0.29) is 89.3 Å². The number of nitriles is 3. The lowest BCUT2D eigenvalue weighted by Crippen LogP contribution is -2.57. The van der Waals surface area contributed by atoms with E-state index in [4.69, 9.17) is 37.3 Å². The van der Waals surface area contributed by atoms with Crippen molar-refractivity contribution in [2.45, 2.75) is 87.9 Å². The number of thiophene rings is 3. The Balaban J connectivity index is 0.000000149. The number of furan rings is 1. The number of guanidine groups is 4. The molecule has 0 saturated carbocycles. The molecule has 642 valence electrons. The largest absolute Gasteiger partial charge is 0.504 e. The van der Waals surface area contributed by atoms with Gasteiger partial charge in [0.2, 0.25) is 23.6 Å². The van der Waals surface area contributed by atoms with Crippen molar-refractivity contribution in [3.63, 3.8) is 0 Å². The molecule has 10 aromatic rings. The van der Waals surface area contributed by atoms with Crippen LogP contribution in [0.4, 0.5) is 21.0 Å². The van der Waals surface area contributed by atoms with E-state index in [0.717, 1.165) is 63.9 Å². The number of rotatable bonds is 12. The Morgan fingerprint density at radius 1 is 0.472 bits per heavy atom. The van der Waals surface area contributed by atoms with Gasteiger partial charge < -0.3 is 47.4 Å². The molecule has 6 aliphatic rings. The van der Waals surface area contributed by atoms with Gasteiger partial charge in [0.1, 0.15) is 34.2 Å². The summed E-state index contributed by atoms with van der Waals surface area (Å²) in [6.45, 7) is 9.94. The van der Waals surface area contributed by atoms with E-state index in [1.54, 1.807) is 117 Å². The molecule has 10 N–H and O–H groups in total. The van der Waals surface area contributed by atoms with E-state index in [1.807, 2.05) is 169 Å². The fourth-order valence-corrected chi connectivity index (χ4v) is 20.4. The molecule has 16 rings (SSSR count). The van der Waals surface area contributed by atoms with Crippen molar-refractivity contribution in [3.05, 3.63) is 245 Å². The predicted octanol–water partition coefficient (Wildman–Crippen LogP) is 14.7. The minimum absolute atomic E-state index is 0.0420. The molecule has 125 heavy (non-hydrogen) atoms. The second-order valence-electron chi connectivity index (χ2n) is 32.4. The quantitative estimate of drug-likeness (QED) is 0.0619. The summed E-state index contributed by atoms with van der Waals surface area (Å²) in [6, 6.07) is 60.1. The van der Waals surface area contributed by atoms with Crippen molar-refractivity contribution in [2.75, 3.05) is 78.3 Å². The molecule has 32 heteroatoms. The molecule has 2 saturated heterocycles. The molecular formula is C93H96BrN19O9S3. The minimum atomic E-state index is -1.02. The Bertz CT molecular complexity index is 5810. The van der Waals surface area contributed by atoms with Gasteiger partial charge in [0.15, 0.2) is 35.3 Å². The maximum Gasteiger partial charge on any atom is 0.324 e. The van der Waals surface area contributed by atoms with E-state index in [1.165, 1.54) is 43.1 Å². The Morgan fingerprint density at radius 2 is 0.848 bits per heavy atom. The first-order valence-electron chi connectivity index (χ1n) is 40.3. The van der Waals surface area contributed by atoms with Gasteiger partial charge in [-0.1, -0.05) is 78.9 Å². The molecule has 8 amide bonds. The van der Waals surface area contributed by atoms with Crippen molar-refractivity contribution >= 4 is 121 Å². The third-order valence-electron chi connectivity index (χ3n) is 24.3. The molecule has 0 spiro atoms. The number of hydrogen-bond acceptors (Lipinski definition) is 23. The summed E-state index contributed by atoms with van der Waals surface area (Å²) in [4.78, 5) is 113. The molecule has 0 radical (unpaired) electrons. The van der Waals surface area contributed by atoms with Gasteiger partial charge in [-0.3, -0.25) is 48.6 Å². The van der Waals surface area contributed by atoms with Crippen molar-refractivity contribution in [3.8, 4) is 63.1 Å². The van der Waals surface area contributed by atoms with E-state index in [0.29, 0.717) is 79.9 Å².